The van der Waals surface area contributed by atoms with Crippen LogP contribution in [0.15, 0.2) is 41.6 Å². The van der Waals surface area contributed by atoms with Gasteiger partial charge in [-0.2, -0.15) is 5.10 Å². The SMILES string of the molecule is CCn1cc(NS(=O)(=O)c2cccc(Cl)c2)cn1. The Morgan fingerprint density at radius 3 is 2.83 bits per heavy atom. The van der Waals surface area contributed by atoms with Crippen molar-refractivity contribution in [3.63, 3.8) is 0 Å². The van der Waals surface area contributed by atoms with Crippen molar-refractivity contribution in [2.24, 2.45) is 0 Å². The molecule has 0 aliphatic rings. The van der Waals surface area contributed by atoms with Crippen LogP contribution in [0, 0.1) is 0 Å². The zero-order valence-corrected chi connectivity index (χ0v) is 11.2. The van der Waals surface area contributed by atoms with Gasteiger partial charge in [0.05, 0.1) is 16.8 Å². The zero-order valence-electron chi connectivity index (χ0n) is 9.67. The lowest BCUT2D eigenvalue weighted by Crippen LogP contribution is -2.12. The molecule has 0 bridgehead atoms. The highest BCUT2D eigenvalue weighted by molar-refractivity contribution is 7.92. The lowest BCUT2D eigenvalue weighted by atomic mass is 10.4. The largest absolute Gasteiger partial charge is 0.276 e. The van der Waals surface area contributed by atoms with Crippen LogP contribution in [0.4, 0.5) is 5.69 Å². The summed E-state index contributed by atoms with van der Waals surface area (Å²) in [6, 6.07) is 6.09. The number of sulfonamides is 1. The zero-order chi connectivity index (χ0) is 13.2. The highest BCUT2D eigenvalue weighted by atomic mass is 35.5. The minimum Gasteiger partial charge on any atom is -0.276 e. The molecule has 5 nitrogen and oxygen atoms in total. The van der Waals surface area contributed by atoms with Crippen molar-refractivity contribution in [2.75, 3.05) is 4.72 Å². The van der Waals surface area contributed by atoms with E-state index in [9.17, 15) is 8.42 Å². The van der Waals surface area contributed by atoms with E-state index in [1.54, 1.807) is 23.0 Å². The van der Waals surface area contributed by atoms with Crippen LogP contribution in [0.1, 0.15) is 6.92 Å². The Hall–Kier alpha value is -1.53. The third-order valence-corrected chi connectivity index (χ3v) is 3.93. The summed E-state index contributed by atoms with van der Waals surface area (Å²) in [6.07, 6.45) is 3.09. The van der Waals surface area contributed by atoms with Gasteiger partial charge in [0.2, 0.25) is 0 Å². The second-order valence-corrected chi connectivity index (χ2v) is 5.77. The summed E-state index contributed by atoms with van der Waals surface area (Å²) >= 11 is 5.77. The molecule has 1 aromatic heterocycles. The summed E-state index contributed by atoms with van der Waals surface area (Å²) in [5.74, 6) is 0. The molecule has 0 unspecified atom stereocenters. The number of hydrogen-bond acceptors (Lipinski definition) is 3. The number of rotatable bonds is 4. The van der Waals surface area contributed by atoms with Crippen LogP contribution < -0.4 is 4.72 Å². The fourth-order valence-electron chi connectivity index (χ4n) is 1.44. The molecule has 7 heteroatoms. The molecular formula is C11H12ClN3O2S. The summed E-state index contributed by atoms with van der Waals surface area (Å²) in [6.45, 7) is 2.60. The maximum atomic E-state index is 12.0. The van der Waals surface area contributed by atoms with Crippen molar-refractivity contribution in [1.29, 1.82) is 0 Å². The van der Waals surface area contributed by atoms with Gasteiger partial charge in [-0.3, -0.25) is 9.40 Å². The van der Waals surface area contributed by atoms with Gasteiger partial charge in [0, 0.05) is 17.8 Å². The molecule has 0 radical (unpaired) electrons. The minimum absolute atomic E-state index is 0.124. The Bertz CT molecular complexity index is 652. The Kier molecular flexibility index (Phi) is 3.58. The summed E-state index contributed by atoms with van der Waals surface area (Å²) in [5.41, 5.74) is 0.428. The molecule has 0 spiro atoms. The lowest BCUT2D eigenvalue weighted by Gasteiger charge is -2.05. The van der Waals surface area contributed by atoms with E-state index in [4.69, 9.17) is 11.6 Å². The van der Waals surface area contributed by atoms with E-state index >= 15 is 0 Å². The Labute approximate surface area is 110 Å². The number of anilines is 1. The Morgan fingerprint density at radius 1 is 1.44 bits per heavy atom. The number of hydrogen-bond donors (Lipinski definition) is 1. The molecule has 0 atom stereocenters. The highest BCUT2D eigenvalue weighted by Gasteiger charge is 2.15. The molecule has 0 aliphatic carbocycles. The molecule has 96 valence electrons. The van der Waals surface area contributed by atoms with Crippen molar-refractivity contribution >= 4 is 27.3 Å². The normalized spacial score (nSPS) is 11.4. The third kappa shape index (κ3) is 2.83. The van der Waals surface area contributed by atoms with E-state index in [0.29, 0.717) is 17.3 Å². The van der Waals surface area contributed by atoms with Crippen molar-refractivity contribution in [1.82, 2.24) is 9.78 Å². The Balaban J connectivity index is 2.27. The summed E-state index contributed by atoms with van der Waals surface area (Å²) in [5, 5.41) is 4.37. The first-order chi connectivity index (χ1) is 8.51. The van der Waals surface area contributed by atoms with Crippen molar-refractivity contribution < 1.29 is 8.42 Å². The molecule has 0 saturated heterocycles. The number of halogens is 1. The van der Waals surface area contributed by atoms with Gasteiger partial charge in [-0.25, -0.2) is 8.42 Å². The predicted octanol–water partition coefficient (Wildman–Crippen LogP) is 2.36. The van der Waals surface area contributed by atoms with Crippen LogP contribution in [0.5, 0.6) is 0 Å². The standard InChI is InChI=1S/C11H12ClN3O2S/c1-2-15-8-10(7-13-15)14-18(16,17)11-5-3-4-9(12)6-11/h3-8,14H,2H2,1H3. The molecule has 0 aliphatic heterocycles. The summed E-state index contributed by atoms with van der Waals surface area (Å²) in [7, 11) is -3.62. The first-order valence-corrected chi connectivity index (χ1v) is 7.18. The molecule has 0 amide bonds. The first kappa shape index (κ1) is 12.9. The molecule has 18 heavy (non-hydrogen) atoms. The van der Waals surface area contributed by atoms with Gasteiger partial charge in [0.25, 0.3) is 10.0 Å². The average molecular weight is 286 g/mol. The first-order valence-electron chi connectivity index (χ1n) is 5.32. The monoisotopic (exact) mass is 285 g/mol. The van der Waals surface area contributed by atoms with Crippen LogP contribution in [0.2, 0.25) is 5.02 Å². The van der Waals surface area contributed by atoms with E-state index in [1.807, 2.05) is 6.92 Å². The van der Waals surface area contributed by atoms with Crippen LogP contribution >= 0.6 is 11.6 Å². The van der Waals surface area contributed by atoms with Crippen molar-refractivity contribution in [3.8, 4) is 0 Å². The molecule has 1 N–H and O–H groups in total. The van der Waals surface area contributed by atoms with Crippen LogP contribution in [-0.4, -0.2) is 18.2 Å². The number of nitrogens with zero attached hydrogens (tertiary/aromatic N) is 2. The quantitative estimate of drug-likeness (QED) is 0.938. The van der Waals surface area contributed by atoms with Crippen molar-refractivity contribution in [2.45, 2.75) is 18.4 Å². The van der Waals surface area contributed by atoms with Gasteiger partial charge >= 0.3 is 0 Å². The van der Waals surface area contributed by atoms with Gasteiger partial charge < -0.3 is 0 Å². The number of nitrogens with one attached hydrogen (secondary N) is 1. The fourth-order valence-corrected chi connectivity index (χ4v) is 2.77. The molecule has 1 aromatic carbocycles. The van der Waals surface area contributed by atoms with Gasteiger partial charge in [-0.1, -0.05) is 17.7 Å². The Morgan fingerprint density at radius 2 is 2.22 bits per heavy atom. The highest BCUT2D eigenvalue weighted by Crippen LogP contribution is 2.18. The van der Waals surface area contributed by atoms with Gasteiger partial charge in [-0.15, -0.1) is 0 Å². The summed E-state index contributed by atoms with van der Waals surface area (Å²) in [4.78, 5) is 0.124. The second kappa shape index (κ2) is 4.99. The van der Waals surface area contributed by atoms with E-state index in [2.05, 4.69) is 9.82 Å². The van der Waals surface area contributed by atoms with Crippen LogP contribution in [0.3, 0.4) is 0 Å². The maximum absolute atomic E-state index is 12.0. The number of aromatic nitrogens is 2. The van der Waals surface area contributed by atoms with Crippen molar-refractivity contribution in [3.05, 3.63) is 41.7 Å². The molecule has 2 aromatic rings. The third-order valence-electron chi connectivity index (χ3n) is 2.32. The second-order valence-electron chi connectivity index (χ2n) is 3.65. The van der Waals surface area contributed by atoms with Gasteiger partial charge in [0.1, 0.15) is 0 Å². The van der Waals surface area contributed by atoms with Gasteiger partial charge in [-0.05, 0) is 25.1 Å². The van der Waals surface area contributed by atoms with Gasteiger partial charge in [0.15, 0.2) is 0 Å². The fraction of sp³-hybridized carbons (Fsp3) is 0.182. The van der Waals surface area contributed by atoms with Crippen LogP contribution in [0.25, 0.3) is 0 Å². The van der Waals surface area contributed by atoms with E-state index in [-0.39, 0.29) is 4.90 Å². The van der Waals surface area contributed by atoms with E-state index in [1.165, 1.54) is 18.3 Å². The molecule has 0 saturated carbocycles. The van der Waals surface area contributed by atoms with E-state index < -0.39 is 10.0 Å². The topological polar surface area (TPSA) is 64.0 Å². The summed E-state index contributed by atoms with van der Waals surface area (Å²) < 4.78 is 28.2. The predicted molar refractivity (Wildman–Crippen MR) is 70.2 cm³/mol. The average Bonchev–Trinajstić information content (AvgIpc) is 2.76. The smallest absolute Gasteiger partial charge is 0.262 e. The van der Waals surface area contributed by atoms with E-state index in [0.717, 1.165) is 0 Å². The lowest BCUT2D eigenvalue weighted by molar-refractivity contribution is 0.601. The maximum Gasteiger partial charge on any atom is 0.262 e. The van der Waals surface area contributed by atoms with Crippen LogP contribution in [-0.2, 0) is 16.6 Å². The molecular weight excluding hydrogens is 274 g/mol. The molecule has 0 fully saturated rings. The molecule has 1 heterocycles. The minimum atomic E-state index is -3.62. The number of benzene rings is 1. The molecule has 2 rings (SSSR count). The number of aryl methyl sites for hydroxylation is 1.